The summed E-state index contributed by atoms with van der Waals surface area (Å²) in [7, 11) is 0. The lowest BCUT2D eigenvalue weighted by Gasteiger charge is -2.12. The molecular weight excluding hydrogens is 281 g/mol. The number of hydrogen-bond acceptors (Lipinski definition) is 3. The average Bonchev–Trinajstić information content (AvgIpc) is 2.41. The van der Waals surface area contributed by atoms with E-state index in [1.165, 1.54) is 24.3 Å². The van der Waals surface area contributed by atoms with Crippen molar-refractivity contribution in [3.05, 3.63) is 47.5 Å². The van der Waals surface area contributed by atoms with E-state index in [1.807, 2.05) is 6.07 Å². The summed E-state index contributed by atoms with van der Waals surface area (Å²) in [6.07, 6.45) is -4.71. The number of nitrogens with zero attached hydrogens (tertiary/aromatic N) is 1. The van der Waals surface area contributed by atoms with Crippen LogP contribution in [0.2, 0.25) is 0 Å². The van der Waals surface area contributed by atoms with Gasteiger partial charge in [-0.1, -0.05) is 18.2 Å². The van der Waals surface area contributed by atoms with Crippen LogP contribution in [-0.4, -0.2) is 6.36 Å². The Morgan fingerprint density at radius 2 is 1.71 bits per heavy atom. The summed E-state index contributed by atoms with van der Waals surface area (Å²) in [6, 6.07) is 10.8. The van der Waals surface area contributed by atoms with Crippen molar-refractivity contribution in [2.45, 2.75) is 13.3 Å². The molecule has 0 heterocycles. The molecule has 0 bridgehead atoms. The van der Waals surface area contributed by atoms with Crippen molar-refractivity contribution in [1.29, 1.82) is 5.26 Å². The predicted octanol–water partition coefficient (Wildman–Crippen LogP) is 4.01. The Bertz CT molecular complexity index is 701. The third-order valence-electron chi connectivity index (χ3n) is 3.03. The Balaban J connectivity index is 2.36. The van der Waals surface area contributed by atoms with Crippen molar-refractivity contribution in [2.75, 3.05) is 5.73 Å². The zero-order valence-electron chi connectivity index (χ0n) is 11.0. The molecule has 2 aromatic rings. The summed E-state index contributed by atoms with van der Waals surface area (Å²) < 4.78 is 40.1. The first-order chi connectivity index (χ1) is 9.81. The minimum Gasteiger partial charge on any atom is -0.406 e. The summed E-state index contributed by atoms with van der Waals surface area (Å²) in [5.74, 6) is -0.287. The first-order valence-corrected chi connectivity index (χ1v) is 5.97. The molecule has 0 radical (unpaired) electrons. The third-order valence-corrected chi connectivity index (χ3v) is 3.03. The number of halogens is 3. The predicted molar refractivity (Wildman–Crippen MR) is 72.4 cm³/mol. The SMILES string of the molecule is Cc1c(-c2ccc(OC(F)(F)F)cc2)ccc(C#N)c1N. The Kier molecular flexibility index (Phi) is 3.76. The normalized spacial score (nSPS) is 11.0. The van der Waals surface area contributed by atoms with Gasteiger partial charge >= 0.3 is 6.36 Å². The van der Waals surface area contributed by atoms with Crippen LogP contribution in [0, 0.1) is 18.3 Å². The van der Waals surface area contributed by atoms with Gasteiger partial charge in [0.05, 0.1) is 11.3 Å². The molecule has 0 saturated carbocycles. The van der Waals surface area contributed by atoms with Crippen molar-refractivity contribution in [3.8, 4) is 22.9 Å². The maximum Gasteiger partial charge on any atom is 0.573 e. The minimum atomic E-state index is -4.71. The summed E-state index contributed by atoms with van der Waals surface area (Å²) in [5.41, 5.74) is 8.74. The van der Waals surface area contributed by atoms with E-state index in [9.17, 15) is 13.2 Å². The van der Waals surface area contributed by atoms with Gasteiger partial charge in [0.1, 0.15) is 11.8 Å². The number of hydrogen-bond donors (Lipinski definition) is 1. The van der Waals surface area contributed by atoms with Gasteiger partial charge in [-0.25, -0.2) is 0 Å². The Labute approximate surface area is 119 Å². The molecule has 0 spiro atoms. The van der Waals surface area contributed by atoms with Gasteiger partial charge in [0.15, 0.2) is 0 Å². The summed E-state index contributed by atoms with van der Waals surface area (Å²) in [4.78, 5) is 0. The lowest BCUT2D eigenvalue weighted by atomic mass is 9.97. The van der Waals surface area contributed by atoms with Crippen LogP contribution in [-0.2, 0) is 0 Å². The van der Waals surface area contributed by atoms with Crippen LogP contribution < -0.4 is 10.5 Å². The fourth-order valence-electron chi connectivity index (χ4n) is 1.97. The molecule has 0 aliphatic rings. The zero-order valence-corrected chi connectivity index (χ0v) is 11.0. The van der Waals surface area contributed by atoms with Crippen molar-refractivity contribution in [3.63, 3.8) is 0 Å². The van der Waals surface area contributed by atoms with Crippen molar-refractivity contribution >= 4 is 5.69 Å². The fourth-order valence-corrected chi connectivity index (χ4v) is 1.97. The highest BCUT2D eigenvalue weighted by Crippen LogP contribution is 2.31. The van der Waals surface area contributed by atoms with E-state index in [-0.39, 0.29) is 5.75 Å². The highest BCUT2D eigenvalue weighted by molar-refractivity contribution is 5.76. The van der Waals surface area contributed by atoms with E-state index >= 15 is 0 Å². The van der Waals surface area contributed by atoms with E-state index in [1.54, 1.807) is 19.1 Å². The van der Waals surface area contributed by atoms with E-state index in [0.717, 1.165) is 5.56 Å². The van der Waals surface area contributed by atoms with E-state index in [0.29, 0.717) is 22.4 Å². The van der Waals surface area contributed by atoms with Gasteiger partial charge in [-0.2, -0.15) is 5.26 Å². The molecule has 0 aliphatic carbocycles. The molecule has 0 fully saturated rings. The first kappa shape index (κ1) is 14.7. The van der Waals surface area contributed by atoms with Gasteiger partial charge in [0.2, 0.25) is 0 Å². The fraction of sp³-hybridized carbons (Fsp3) is 0.133. The molecule has 0 atom stereocenters. The number of benzene rings is 2. The first-order valence-electron chi connectivity index (χ1n) is 5.97. The lowest BCUT2D eigenvalue weighted by molar-refractivity contribution is -0.274. The van der Waals surface area contributed by atoms with E-state index in [4.69, 9.17) is 11.0 Å². The van der Waals surface area contributed by atoms with Gasteiger partial charge in [-0.15, -0.1) is 13.2 Å². The number of alkyl halides is 3. The van der Waals surface area contributed by atoms with Crippen LogP contribution in [0.4, 0.5) is 18.9 Å². The summed E-state index contributed by atoms with van der Waals surface area (Å²) in [6.45, 7) is 1.76. The molecular formula is C15H11F3N2O. The minimum absolute atomic E-state index is 0.287. The van der Waals surface area contributed by atoms with E-state index < -0.39 is 6.36 Å². The molecule has 0 unspecified atom stereocenters. The van der Waals surface area contributed by atoms with Gasteiger partial charge < -0.3 is 10.5 Å². The second-order valence-electron chi connectivity index (χ2n) is 4.38. The van der Waals surface area contributed by atoms with Crippen molar-refractivity contribution in [1.82, 2.24) is 0 Å². The monoisotopic (exact) mass is 292 g/mol. The molecule has 2 aromatic carbocycles. The number of ether oxygens (including phenoxy) is 1. The number of nitrogen functional groups attached to an aromatic ring is 1. The third kappa shape index (κ3) is 3.26. The number of nitriles is 1. The Hall–Kier alpha value is -2.68. The Morgan fingerprint density at radius 1 is 1.10 bits per heavy atom. The van der Waals surface area contributed by atoms with E-state index in [2.05, 4.69) is 4.74 Å². The maximum atomic E-state index is 12.1. The van der Waals surface area contributed by atoms with Crippen LogP contribution in [0.1, 0.15) is 11.1 Å². The van der Waals surface area contributed by atoms with Gasteiger partial charge in [0, 0.05) is 0 Å². The van der Waals surface area contributed by atoms with Crippen LogP contribution in [0.15, 0.2) is 36.4 Å². The standard InChI is InChI=1S/C15H11F3N2O/c1-9-13(7-4-11(8-19)14(9)20)10-2-5-12(6-3-10)21-15(16,17)18/h2-7H,20H2,1H3. The van der Waals surface area contributed by atoms with Crippen LogP contribution in [0.3, 0.4) is 0 Å². The average molecular weight is 292 g/mol. The molecule has 0 aromatic heterocycles. The van der Waals surface area contributed by atoms with Crippen LogP contribution in [0.25, 0.3) is 11.1 Å². The topological polar surface area (TPSA) is 59.0 Å². The lowest BCUT2D eigenvalue weighted by Crippen LogP contribution is -2.16. The second-order valence-corrected chi connectivity index (χ2v) is 4.38. The molecule has 0 amide bonds. The molecule has 2 N–H and O–H groups in total. The van der Waals surface area contributed by atoms with Gasteiger partial charge in [-0.3, -0.25) is 0 Å². The highest BCUT2D eigenvalue weighted by atomic mass is 19.4. The molecule has 0 aliphatic heterocycles. The van der Waals surface area contributed by atoms with Crippen molar-refractivity contribution < 1.29 is 17.9 Å². The van der Waals surface area contributed by atoms with Crippen LogP contribution >= 0.6 is 0 Å². The molecule has 108 valence electrons. The molecule has 21 heavy (non-hydrogen) atoms. The Morgan fingerprint density at radius 3 is 2.24 bits per heavy atom. The maximum absolute atomic E-state index is 12.1. The number of rotatable bonds is 2. The van der Waals surface area contributed by atoms with Gasteiger partial charge in [0.25, 0.3) is 0 Å². The molecule has 0 saturated heterocycles. The summed E-state index contributed by atoms with van der Waals surface area (Å²) >= 11 is 0. The zero-order chi connectivity index (χ0) is 15.6. The summed E-state index contributed by atoms with van der Waals surface area (Å²) in [5, 5.41) is 8.90. The molecule has 3 nitrogen and oxygen atoms in total. The number of nitrogens with two attached hydrogens (primary N) is 1. The largest absolute Gasteiger partial charge is 0.573 e. The number of anilines is 1. The molecule has 2 rings (SSSR count). The van der Waals surface area contributed by atoms with Crippen LogP contribution in [0.5, 0.6) is 5.75 Å². The van der Waals surface area contributed by atoms with Crippen molar-refractivity contribution in [2.24, 2.45) is 0 Å². The second kappa shape index (κ2) is 5.37. The smallest absolute Gasteiger partial charge is 0.406 e. The molecule has 6 heteroatoms. The highest BCUT2D eigenvalue weighted by Gasteiger charge is 2.30. The quantitative estimate of drug-likeness (QED) is 0.851. The van der Waals surface area contributed by atoms with Gasteiger partial charge in [-0.05, 0) is 41.8 Å².